The minimum absolute atomic E-state index is 0.277. The summed E-state index contributed by atoms with van der Waals surface area (Å²) in [7, 11) is 0. The molecule has 2 aromatic carbocycles. The molecule has 0 aliphatic carbocycles. The topological polar surface area (TPSA) is 64.1 Å². The number of nitrogens with one attached hydrogen (secondary N) is 1. The minimum Gasteiger partial charge on any atom is -0.479 e. The van der Waals surface area contributed by atoms with Crippen molar-refractivity contribution < 1.29 is 9.53 Å². The number of aromatic nitrogens is 2. The second kappa shape index (κ2) is 8.60. The third-order valence-electron chi connectivity index (χ3n) is 4.46. The van der Waals surface area contributed by atoms with Crippen LogP contribution in [0.2, 0.25) is 10.0 Å². The first-order valence-corrected chi connectivity index (χ1v) is 10.7. The molecule has 0 aliphatic rings. The van der Waals surface area contributed by atoms with Gasteiger partial charge in [0.25, 0.3) is 5.91 Å². The molecule has 2 heterocycles. The number of thiazole rings is 1. The predicted octanol–water partition coefficient (Wildman–Crippen LogP) is 6.38. The molecule has 0 spiro atoms. The van der Waals surface area contributed by atoms with E-state index in [0.717, 1.165) is 26.5 Å². The monoisotopic (exact) mass is 457 g/mol. The number of amides is 1. The summed E-state index contributed by atoms with van der Waals surface area (Å²) in [5, 5.41) is 4.65. The number of hydrogen-bond acceptors (Lipinski definition) is 5. The molecule has 5 nitrogen and oxygen atoms in total. The van der Waals surface area contributed by atoms with E-state index in [-0.39, 0.29) is 5.91 Å². The lowest BCUT2D eigenvalue weighted by atomic mass is 10.1. The lowest BCUT2D eigenvalue weighted by molar-refractivity contribution is -0.122. The van der Waals surface area contributed by atoms with Gasteiger partial charge < -0.3 is 10.1 Å². The van der Waals surface area contributed by atoms with E-state index in [4.69, 9.17) is 27.9 Å². The summed E-state index contributed by atoms with van der Waals surface area (Å²) in [6.45, 7) is 3.60. The molecule has 1 unspecified atom stereocenters. The van der Waals surface area contributed by atoms with Crippen molar-refractivity contribution in [3.8, 4) is 16.3 Å². The van der Waals surface area contributed by atoms with Crippen LogP contribution < -0.4 is 10.1 Å². The van der Waals surface area contributed by atoms with Crippen LogP contribution in [0.25, 0.3) is 20.9 Å². The fraction of sp³-hybridized carbons (Fsp3) is 0.136. The van der Waals surface area contributed by atoms with Gasteiger partial charge in [-0.05, 0) is 67.9 Å². The number of pyridine rings is 1. The smallest absolute Gasteiger partial charge is 0.265 e. The Hall–Kier alpha value is -2.67. The van der Waals surface area contributed by atoms with E-state index in [1.165, 1.54) is 11.3 Å². The lowest BCUT2D eigenvalue weighted by Gasteiger charge is -2.17. The van der Waals surface area contributed by atoms with Crippen LogP contribution in [-0.4, -0.2) is 22.0 Å². The highest BCUT2D eigenvalue weighted by Gasteiger charge is 2.18. The summed E-state index contributed by atoms with van der Waals surface area (Å²) < 4.78 is 5.68. The summed E-state index contributed by atoms with van der Waals surface area (Å²) in [5.41, 5.74) is 3.48. The molecule has 0 bridgehead atoms. The van der Waals surface area contributed by atoms with Crippen molar-refractivity contribution in [2.75, 3.05) is 5.32 Å². The first-order valence-electron chi connectivity index (χ1n) is 9.16. The quantitative estimate of drug-likeness (QED) is 0.377. The van der Waals surface area contributed by atoms with Gasteiger partial charge in [-0.1, -0.05) is 34.5 Å². The second-order valence-corrected chi connectivity index (χ2v) is 8.52. The van der Waals surface area contributed by atoms with Crippen LogP contribution in [-0.2, 0) is 4.79 Å². The van der Waals surface area contributed by atoms with Crippen molar-refractivity contribution >= 4 is 56.5 Å². The minimum atomic E-state index is -0.738. The Bertz CT molecular complexity index is 1210. The van der Waals surface area contributed by atoms with Crippen LogP contribution in [0.5, 0.6) is 5.75 Å². The molecule has 30 heavy (non-hydrogen) atoms. The van der Waals surface area contributed by atoms with Crippen LogP contribution in [0.15, 0.2) is 54.7 Å². The molecule has 0 saturated carbocycles. The number of rotatable bonds is 5. The van der Waals surface area contributed by atoms with Crippen LogP contribution in [0.4, 0.5) is 5.69 Å². The standard InChI is InChI=1S/C22H17Cl2N3O2S/c1-12-10-14(21-27-18-4-3-9-25-22(18)30-21)5-7-17(12)26-20(28)13(2)29-19-8-6-15(23)11-16(19)24/h3-11,13H,1-2H3,(H,26,28). The summed E-state index contributed by atoms with van der Waals surface area (Å²) in [6.07, 6.45) is 1.02. The SMILES string of the molecule is Cc1cc(-c2nc3cccnc3s2)ccc1NC(=O)C(C)Oc1ccc(Cl)cc1Cl. The Morgan fingerprint density at radius 3 is 2.73 bits per heavy atom. The molecule has 0 fully saturated rings. The lowest BCUT2D eigenvalue weighted by Crippen LogP contribution is -2.30. The largest absolute Gasteiger partial charge is 0.479 e. The zero-order valence-corrected chi connectivity index (χ0v) is 18.5. The van der Waals surface area contributed by atoms with Crippen molar-refractivity contribution in [2.45, 2.75) is 20.0 Å². The van der Waals surface area contributed by atoms with Gasteiger partial charge in [0.1, 0.15) is 21.1 Å². The molecule has 1 atom stereocenters. The maximum atomic E-state index is 12.6. The molecule has 0 saturated heterocycles. The molecule has 152 valence electrons. The number of benzene rings is 2. The van der Waals surface area contributed by atoms with Gasteiger partial charge in [0.15, 0.2) is 6.10 Å². The van der Waals surface area contributed by atoms with E-state index < -0.39 is 6.10 Å². The van der Waals surface area contributed by atoms with Crippen molar-refractivity contribution in [2.24, 2.45) is 0 Å². The van der Waals surface area contributed by atoms with E-state index in [0.29, 0.717) is 21.5 Å². The highest BCUT2D eigenvalue weighted by molar-refractivity contribution is 7.21. The zero-order valence-electron chi connectivity index (χ0n) is 16.1. The molecular weight excluding hydrogens is 441 g/mol. The summed E-state index contributed by atoms with van der Waals surface area (Å²) in [6, 6.07) is 14.5. The van der Waals surface area contributed by atoms with Crippen LogP contribution in [0.3, 0.4) is 0 Å². The summed E-state index contributed by atoms with van der Waals surface area (Å²) >= 11 is 13.5. The van der Waals surface area contributed by atoms with E-state index in [1.807, 2.05) is 37.3 Å². The van der Waals surface area contributed by atoms with Crippen molar-refractivity contribution in [3.05, 3.63) is 70.3 Å². The number of hydrogen-bond donors (Lipinski definition) is 1. The van der Waals surface area contributed by atoms with Gasteiger partial charge in [-0.2, -0.15) is 0 Å². The van der Waals surface area contributed by atoms with Gasteiger partial charge in [0.2, 0.25) is 0 Å². The van der Waals surface area contributed by atoms with Crippen LogP contribution in [0, 0.1) is 6.92 Å². The third kappa shape index (κ3) is 4.41. The average Bonchev–Trinajstić information content (AvgIpc) is 3.15. The van der Waals surface area contributed by atoms with Gasteiger partial charge in [-0.15, -0.1) is 0 Å². The predicted molar refractivity (Wildman–Crippen MR) is 123 cm³/mol. The molecule has 1 amide bonds. The van der Waals surface area contributed by atoms with Gasteiger partial charge >= 0.3 is 0 Å². The van der Waals surface area contributed by atoms with Crippen molar-refractivity contribution in [1.82, 2.24) is 9.97 Å². The Balaban J connectivity index is 1.48. The van der Waals surface area contributed by atoms with Gasteiger partial charge in [-0.3, -0.25) is 4.79 Å². The summed E-state index contributed by atoms with van der Waals surface area (Å²) in [4.78, 5) is 22.5. The number of carbonyl (C=O) groups excluding carboxylic acids is 1. The fourth-order valence-electron chi connectivity index (χ4n) is 2.88. The normalized spacial score (nSPS) is 12.0. The number of aryl methyl sites for hydroxylation is 1. The highest BCUT2D eigenvalue weighted by Crippen LogP contribution is 2.31. The van der Waals surface area contributed by atoms with E-state index in [1.54, 1.807) is 31.3 Å². The van der Waals surface area contributed by atoms with Crippen LogP contribution in [0.1, 0.15) is 12.5 Å². The molecular formula is C22H17Cl2N3O2S. The van der Waals surface area contributed by atoms with Gasteiger partial charge in [0, 0.05) is 22.5 Å². The Labute approximate surface area is 187 Å². The highest BCUT2D eigenvalue weighted by atomic mass is 35.5. The Morgan fingerprint density at radius 2 is 2.00 bits per heavy atom. The maximum Gasteiger partial charge on any atom is 0.265 e. The number of halogens is 2. The number of nitrogens with zero attached hydrogens (tertiary/aromatic N) is 2. The Kier molecular flexibility index (Phi) is 5.90. The number of carbonyl (C=O) groups is 1. The van der Waals surface area contributed by atoms with Gasteiger partial charge in [0.05, 0.1) is 5.02 Å². The molecule has 8 heteroatoms. The zero-order chi connectivity index (χ0) is 21.3. The van der Waals surface area contributed by atoms with Gasteiger partial charge in [-0.25, -0.2) is 9.97 Å². The molecule has 4 rings (SSSR count). The molecule has 1 N–H and O–H groups in total. The molecule has 0 aliphatic heterocycles. The average molecular weight is 458 g/mol. The number of anilines is 1. The Morgan fingerprint density at radius 1 is 1.17 bits per heavy atom. The first kappa shape index (κ1) is 20.6. The first-order chi connectivity index (χ1) is 14.4. The van der Waals surface area contributed by atoms with E-state index in [9.17, 15) is 4.79 Å². The number of fused-ring (bicyclic) bond motifs is 1. The van der Waals surface area contributed by atoms with E-state index in [2.05, 4.69) is 15.3 Å². The second-order valence-electron chi connectivity index (χ2n) is 6.70. The maximum absolute atomic E-state index is 12.6. The number of ether oxygens (including phenoxy) is 1. The van der Waals surface area contributed by atoms with Crippen molar-refractivity contribution in [1.29, 1.82) is 0 Å². The molecule has 0 radical (unpaired) electrons. The molecule has 2 aromatic heterocycles. The molecule has 4 aromatic rings. The van der Waals surface area contributed by atoms with Crippen LogP contribution >= 0.6 is 34.5 Å². The summed E-state index contributed by atoms with van der Waals surface area (Å²) in [5.74, 6) is 0.126. The van der Waals surface area contributed by atoms with Crippen molar-refractivity contribution in [3.63, 3.8) is 0 Å². The third-order valence-corrected chi connectivity index (χ3v) is 6.02. The van der Waals surface area contributed by atoms with E-state index >= 15 is 0 Å². The fourth-order valence-corrected chi connectivity index (χ4v) is 4.24.